The van der Waals surface area contributed by atoms with Crippen molar-refractivity contribution in [2.24, 2.45) is 5.92 Å². The van der Waals surface area contributed by atoms with E-state index in [0.29, 0.717) is 61.0 Å². The highest BCUT2D eigenvalue weighted by Crippen LogP contribution is 2.38. The van der Waals surface area contributed by atoms with Crippen molar-refractivity contribution in [1.82, 2.24) is 24.8 Å². The average molecular weight is 775 g/mol. The number of nitrogens with one attached hydrogen (secondary N) is 1. The number of rotatable bonds is 9. The van der Waals surface area contributed by atoms with Crippen molar-refractivity contribution in [3.8, 4) is 28.7 Å². The molecule has 12 heteroatoms. The van der Waals surface area contributed by atoms with Gasteiger partial charge in [-0.25, -0.2) is 9.97 Å². The average Bonchev–Trinajstić information content (AvgIpc) is 3.90. The molecule has 2 fully saturated rings. The first-order chi connectivity index (χ1) is 25.2. The summed E-state index contributed by atoms with van der Waals surface area (Å²) < 4.78 is 6.35. The number of hydrogen-bond donors (Lipinski definition) is 3. The van der Waals surface area contributed by atoms with E-state index in [-0.39, 0.29) is 29.0 Å². The van der Waals surface area contributed by atoms with Crippen LogP contribution in [0.2, 0.25) is 0 Å². The maximum atomic E-state index is 11.5. The van der Waals surface area contributed by atoms with Gasteiger partial charge in [0, 0.05) is 61.8 Å². The number of likely N-dealkylation sites (tertiary alicyclic amines) is 2. The standard InChI is InChI=1S/C41H39N7O4.BrH/c1-24-31(5-3-7-33(24)40-46-36-10-9-28(34(18-42)38(36)52-40)21-48-15-12-29(22-48)41(50)51)32-6-4-8-35(25(32)2)45-39-37-27(11-14-43-39)17-26(19-44-37)20-47-16-13-30(49)23-47;/h3-11,14,17,19,29-30,49H,12-13,15-16,20-23H2,1-2H3,(H,43,45)(H,50,51);1H/t29-,30-;/m1./s1. The second-order valence-electron chi connectivity index (χ2n) is 14.0. The minimum absolute atomic E-state index is 0. The van der Waals surface area contributed by atoms with Gasteiger partial charge in [0.15, 0.2) is 11.4 Å². The Morgan fingerprint density at radius 1 is 0.962 bits per heavy atom. The van der Waals surface area contributed by atoms with Gasteiger partial charge in [0.2, 0.25) is 5.89 Å². The number of carboxylic acid groups (broad SMARTS) is 1. The summed E-state index contributed by atoms with van der Waals surface area (Å²) in [5.74, 6) is -0.0481. The normalized spacial score (nSPS) is 17.6. The highest BCUT2D eigenvalue weighted by atomic mass is 79.9. The number of aliphatic hydroxyl groups excluding tert-OH is 1. The Balaban J connectivity index is 0.00000435. The molecule has 2 atom stereocenters. The first-order valence-corrected chi connectivity index (χ1v) is 17.6. The number of carbonyl (C=O) groups is 1. The number of oxazole rings is 1. The van der Waals surface area contributed by atoms with E-state index < -0.39 is 5.97 Å². The SMILES string of the molecule is Br.Cc1c(Nc2nccc3cc(CN4CC[C@@H](O)C4)cnc23)cccc1-c1cccc(-c2nc3ccc(CN4CC[C@@H](C(=O)O)C4)c(C#N)c3o2)c1C. The van der Waals surface area contributed by atoms with Gasteiger partial charge in [0.1, 0.15) is 22.7 Å². The van der Waals surface area contributed by atoms with Crippen molar-refractivity contribution >= 4 is 56.5 Å². The molecule has 2 aliphatic heterocycles. The fourth-order valence-corrected chi connectivity index (χ4v) is 7.67. The van der Waals surface area contributed by atoms with Crippen molar-refractivity contribution in [2.75, 3.05) is 31.5 Å². The molecule has 0 amide bonds. The molecule has 0 aliphatic carbocycles. The molecule has 6 aromatic rings. The topological polar surface area (TPSA) is 152 Å². The van der Waals surface area contributed by atoms with Crippen LogP contribution in [0.4, 0.5) is 11.5 Å². The van der Waals surface area contributed by atoms with E-state index in [1.54, 1.807) is 6.20 Å². The van der Waals surface area contributed by atoms with Crippen LogP contribution in [0.3, 0.4) is 0 Å². The summed E-state index contributed by atoms with van der Waals surface area (Å²) in [5, 5.41) is 34.1. The highest BCUT2D eigenvalue weighted by molar-refractivity contribution is 8.93. The number of nitriles is 1. The number of aliphatic carboxylic acids is 1. The number of β-amino-alcohol motifs (C(OH)–C–C–N with tert-alkyl or cyclic N) is 1. The lowest BCUT2D eigenvalue weighted by molar-refractivity contribution is -0.141. The molecular weight excluding hydrogens is 734 g/mol. The predicted octanol–water partition coefficient (Wildman–Crippen LogP) is 7.39. The van der Waals surface area contributed by atoms with Crippen LogP contribution >= 0.6 is 17.0 Å². The van der Waals surface area contributed by atoms with E-state index >= 15 is 0 Å². The van der Waals surface area contributed by atoms with E-state index in [1.807, 2.05) is 48.7 Å². The quantitative estimate of drug-likeness (QED) is 0.135. The minimum atomic E-state index is -0.779. The van der Waals surface area contributed by atoms with Crippen LogP contribution in [0.15, 0.2) is 77.5 Å². The molecule has 5 heterocycles. The number of benzene rings is 3. The van der Waals surface area contributed by atoms with Gasteiger partial charge in [-0.3, -0.25) is 19.6 Å². The maximum Gasteiger partial charge on any atom is 0.307 e. The molecule has 11 nitrogen and oxygen atoms in total. The van der Waals surface area contributed by atoms with Crippen molar-refractivity contribution in [3.05, 3.63) is 101 Å². The Bertz CT molecular complexity index is 2390. The molecule has 0 saturated carbocycles. The number of aromatic nitrogens is 3. The first kappa shape index (κ1) is 36.2. The third-order valence-corrected chi connectivity index (χ3v) is 10.5. The third kappa shape index (κ3) is 7.13. The summed E-state index contributed by atoms with van der Waals surface area (Å²) in [6.07, 6.45) is 4.85. The molecule has 0 unspecified atom stereocenters. The number of pyridine rings is 2. The number of nitrogens with zero attached hydrogens (tertiary/aromatic N) is 6. The Kier molecular flexibility index (Phi) is 10.3. The molecule has 53 heavy (non-hydrogen) atoms. The Morgan fingerprint density at radius 3 is 2.47 bits per heavy atom. The van der Waals surface area contributed by atoms with Crippen molar-refractivity contribution in [2.45, 2.75) is 45.9 Å². The van der Waals surface area contributed by atoms with Gasteiger partial charge in [-0.15, -0.1) is 17.0 Å². The van der Waals surface area contributed by atoms with Crippen molar-refractivity contribution < 1.29 is 19.4 Å². The van der Waals surface area contributed by atoms with Crippen LogP contribution in [0, 0.1) is 31.1 Å². The summed E-state index contributed by atoms with van der Waals surface area (Å²) in [7, 11) is 0. The number of carboxylic acids is 1. The monoisotopic (exact) mass is 773 g/mol. The van der Waals surface area contributed by atoms with E-state index in [0.717, 1.165) is 75.0 Å². The number of aliphatic hydroxyl groups is 1. The molecule has 3 N–H and O–H groups in total. The Morgan fingerprint density at radius 2 is 1.72 bits per heavy atom. The minimum Gasteiger partial charge on any atom is -0.481 e. The van der Waals surface area contributed by atoms with Crippen LogP contribution in [0.5, 0.6) is 0 Å². The predicted molar refractivity (Wildman–Crippen MR) is 209 cm³/mol. The number of hydrogen-bond acceptors (Lipinski definition) is 10. The lowest BCUT2D eigenvalue weighted by Gasteiger charge is -2.17. The van der Waals surface area contributed by atoms with Gasteiger partial charge in [-0.1, -0.05) is 30.3 Å². The van der Waals surface area contributed by atoms with Gasteiger partial charge in [-0.2, -0.15) is 5.26 Å². The van der Waals surface area contributed by atoms with Gasteiger partial charge in [0.25, 0.3) is 0 Å². The summed E-state index contributed by atoms with van der Waals surface area (Å²) in [6, 6.07) is 22.4. The highest BCUT2D eigenvalue weighted by Gasteiger charge is 2.29. The zero-order valence-corrected chi connectivity index (χ0v) is 31.3. The molecule has 0 radical (unpaired) electrons. The molecule has 2 saturated heterocycles. The molecule has 0 spiro atoms. The first-order valence-electron chi connectivity index (χ1n) is 17.6. The Labute approximate surface area is 317 Å². The molecule has 3 aromatic heterocycles. The molecule has 270 valence electrons. The largest absolute Gasteiger partial charge is 0.481 e. The van der Waals surface area contributed by atoms with E-state index in [1.165, 1.54) is 0 Å². The van der Waals surface area contributed by atoms with Crippen LogP contribution in [0.25, 0.3) is 44.6 Å². The fraction of sp³-hybridized carbons (Fsp3) is 0.293. The van der Waals surface area contributed by atoms with Gasteiger partial charge in [-0.05, 0) is 96.9 Å². The Hall–Kier alpha value is -5.19. The van der Waals surface area contributed by atoms with Crippen LogP contribution in [-0.2, 0) is 17.9 Å². The summed E-state index contributed by atoms with van der Waals surface area (Å²) >= 11 is 0. The fourth-order valence-electron chi connectivity index (χ4n) is 7.67. The molecule has 2 aliphatic rings. The number of fused-ring (bicyclic) bond motifs is 2. The third-order valence-electron chi connectivity index (χ3n) is 10.5. The lowest BCUT2D eigenvalue weighted by Crippen LogP contribution is -2.23. The van der Waals surface area contributed by atoms with E-state index in [9.17, 15) is 20.3 Å². The zero-order valence-electron chi connectivity index (χ0n) is 29.5. The van der Waals surface area contributed by atoms with E-state index in [4.69, 9.17) is 14.4 Å². The van der Waals surface area contributed by atoms with Crippen LogP contribution in [-0.4, -0.2) is 73.2 Å². The number of halogens is 1. The second-order valence-corrected chi connectivity index (χ2v) is 14.0. The molecule has 8 rings (SSSR count). The lowest BCUT2D eigenvalue weighted by atomic mass is 9.93. The van der Waals surface area contributed by atoms with Gasteiger partial charge in [0.05, 0.1) is 12.0 Å². The van der Waals surface area contributed by atoms with Gasteiger partial charge < -0.3 is 19.9 Å². The van der Waals surface area contributed by atoms with Crippen molar-refractivity contribution in [1.29, 1.82) is 5.26 Å². The van der Waals surface area contributed by atoms with Crippen LogP contribution in [0.1, 0.15) is 40.7 Å². The molecular formula is C41H40BrN7O4. The maximum absolute atomic E-state index is 11.5. The second kappa shape index (κ2) is 15.0. The van der Waals surface area contributed by atoms with E-state index in [2.05, 4.69) is 58.2 Å². The molecule has 3 aromatic carbocycles. The van der Waals surface area contributed by atoms with Crippen molar-refractivity contribution in [3.63, 3.8) is 0 Å². The zero-order chi connectivity index (χ0) is 35.9. The summed E-state index contributed by atoms with van der Waals surface area (Å²) in [6.45, 7) is 8.08. The smallest absolute Gasteiger partial charge is 0.307 e. The van der Waals surface area contributed by atoms with Gasteiger partial charge >= 0.3 is 5.97 Å². The van der Waals surface area contributed by atoms with Crippen LogP contribution < -0.4 is 5.32 Å². The summed E-state index contributed by atoms with van der Waals surface area (Å²) in [5.41, 5.74) is 10.0. The number of anilines is 2. The summed E-state index contributed by atoms with van der Waals surface area (Å²) in [4.78, 5) is 30.1. The molecule has 0 bridgehead atoms.